The van der Waals surface area contributed by atoms with Gasteiger partial charge in [-0.1, -0.05) is 12.1 Å². The Kier molecular flexibility index (Phi) is 7.63. The summed E-state index contributed by atoms with van der Waals surface area (Å²) in [6, 6.07) is 0.943. The second-order valence-corrected chi connectivity index (χ2v) is 16.5. The maximum atomic E-state index is 10.9. The molecule has 0 aliphatic carbocycles. The molecule has 0 rings (SSSR count). The highest BCUT2D eigenvalue weighted by Gasteiger charge is 2.20. The highest BCUT2D eigenvalue weighted by atomic mass is 35.7. The minimum atomic E-state index is -1.93. The van der Waals surface area contributed by atoms with E-state index in [-0.39, 0.29) is 5.97 Å². The summed E-state index contributed by atoms with van der Waals surface area (Å²) in [5, 5.41) is 0. The summed E-state index contributed by atoms with van der Waals surface area (Å²) in [6.45, 7) is 4.13. The van der Waals surface area contributed by atoms with Crippen LogP contribution >= 0.6 is 22.2 Å². The fourth-order valence-electron chi connectivity index (χ4n) is 0.737. The molecule has 0 amide bonds. The summed E-state index contributed by atoms with van der Waals surface area (Å²) < 4.78 is 4.91. The van der Waals surface area contributed by atoms with E-state index in [2.05, 4.69) is 0 Å². The molecule has 2 radical (unpaired) electrons. The van der Waals surface area contributed by atoms with E-state index in [1.807, 2.05) is 6.55 Å². The van der Waals surface area contributed by atoms with Crippen molar-refractivity contribution < 1.29 is 9.53 Å². The lowest BCUT2D eigenvalue weighted by atomic mass is 10.5. The number of hydrogen-bond donors (Lipinski definition) is 0. The van der Waals surface area contributed by atoms with Crippen molar-refractivity contribution in [2.75, 3.05) is 6.61 Å². The van der Waals surface area contributed by atoms with Gasteiger partial charge in [-0.2, -0.15) is 22.2 Å². The second kappa shape index (κ2) is 7.51. The van der Waals surface area contributed by atoms with Gasteiger partial charge in [-0.3, -0.25) is 0 Å². The number of carbonyl (C=O) groups is 1. The van der Waals surface area contributed by atoms with E-state index in [1.165, 1.54) is 6.08 Å². The van der Waals surface area contributed by atoms with Gasteiger partial charge in [-0.25, -0.2) is 4.79 Å². The summed E-state index contributed by atoms with van der Waals surface area (Å²) >= 11 is 11.8. The number of carbonyl (C=O) groups excluding carboxylic acids is 1. The average molecular weight is 269 g/mol. The lowest BCUT2D eigenvalue weighted by molar-refractivity contribution is -0.137. The molecule has 0 heterocycles. The number of esters is 1. The summed E-state index contributed by atoms with van der Waals surface area (Å²) in [6.07, 6.45) is 1.97. The van der Waals surface area contributed by atoms with E-state index in [0.29, 0.717) is 15.6 Å². The van der Waals surface area contributed by atoms with Gasteiger partial charge in [0.05, 0.1) is 15.6 Å². The molecular formula is C8H14Cl2O2Si2. The fourth-order valence-corrected chi connectivity index (χ4v) is 5.05. The van der Waals surface area contributed by atoms with Crippen LogP contribution in [0.5, 0.6) is 0 Å². The molecule has 2 nitrogen and oxygen atoms in total. The molecule has 0 spiro atoms. The van der Waals surface area contributed by atoms with Crippen LogP contribution in [-0.2, 0) is 9.53 Å². The zero-order chi connectivity index (χ0) is 11.0. The maximum absolute atomic E-state index is 10.9. The SMILES string of the molecule is CC=CC(=O)OCCC[Si][Si](C)(Cl)Cl. The van der Waals surface area contributed by atoms with E-state index in [9.17, 15) is 4.79 Å². The highest BCUT2D eigenvalue weighted by molar-refractivity contribution is 7.66. The van der Waals surface area contributed by atoms with Crippen molar-refractivity contribution in [1.82, 2.24) is 0 Å². The Balaban J connectivity index is 3.35. The van der Waals surface area contributed by atoms with Crippen molar-refractivity contribution in [3.05, 3.63) is 12.2 Å². The molecule has 0 aliphatic rings. The first-order chi connectivity index (χ1) is 6.45. The molecule has 0 aromatic heterocycles. The van der Waals surface area contributed by atoms with E-state index >= 15 is 0 Å². The lowest BCUT2D eigenvalue weighted by Crippen LogP contribution is -2.23. The number of allylic oxidation sites excluding steroid dienone is 1. The van der Waals surface area contributed by atoms with E-state index in [0.717, 1.165) is 12.5 Å². The first kappa shape index (κ1) is 14.2. The first-order valence-electron chi connectivity index (χ1n) is 4.38. The molecule has 0 aromatic carbocycles. The number of halogens is 2. The third-order valence-electron chi connectivity index (χ3n) is 1.30. The van der Waals surface area contributed by atoms with Crippen molar-refractivity contribution in [2.45, 2.75) is 25.9 Å². The Hall–Kier alpha value is 0.224. The van der Waals surface area contributed by atoms with Crippen LogP contribution in [0.4, 0.5) is 0 Å². The molecule has 0 fully saturated rings. The smallest absolute Gasteiger partial charge is 0.330 e. The summed E-state index contributed by atoms with van der Waals surface area (Å²) in [5.74, 6) is -0.285. The van der Waals surface area contributed by atoms with Crippen LogP contribution in [0.1, 0.15) is 13.3 Å². The molecule has 80 valence electrons. The Bertz CT molecular complexity index is 202. The predicted molar refractivity (Wildman–Crippen MR) is 64.3 cm³/mol. The van der Waals surface area contributed by atoms with Gasteiger partial charge in [0.15, 0.2) is 0 Å². The Labute approximate surface area is 97.6 Å². The zero-order valence-electron chi connectivity index (χ0n) is 8.35. The van der Waals surface area contributed by atoms with Gasteiger partial charge in [-0.15, -0.1) is 0 Å². The first-order valence-corrected chi connectivity index (χ1v) is 11.1. The third kappa shape index (κ3) is 10.3. The predicted octanol–water partition coefficient (Wildman–Crippen LogP) is 2.66. The van der Waals surface area contributed by atoms with Crippen molar-refractivity contribution in [3.8, 4) is 0 Å². The fraction of sp³-hybridized carbons (Fsp3) is 0.625. The molecule has 6 heteroatoms. The van der Waals surface area contributed by atoms with Gasteiger partial charge < -0.3 is 4.74 Å². The number of hydrogen-bond acceptors (Lipinski definition) is 2. The number of rotatable bonds is 6. The minimum absolute atomic E-state index is 0.285. The minimum Gasteiger partial charge on any atom is -0.463 e. The van der Waals surface area contributed by atoms with Crippen molar-refractivity contribution in [1.29, 1.82) is 0 Å². The quantitative estimate of drug-likeness (QED) is 0.244. The number of ether oxygens (including phenoxy) is 1. The van der Waals surface area contributed by atoms with Crippen molar-refractivity contribution in [3.63, 3.8) is 0 Å². The van der Waals surface area contributed by atoms with E-state index in [4.69, 9.17) is 26.9 Å². The van der Waals surface area contributed by atoms with Crippen molar-refractivity contribution >= 4 is 43.4 Å². The van der Waals surface area contributed by atoms with Crippen LogP contribution in [0, 0.1) is 0 Å². The standard InChI is InChI=1S/C8H14Cl2O2Si2/c1-3-5-8(11)12-6-4-7-13-14(2,9)10/h3,5H,4,6-7H2,1-2H3. The van der Waals surface area contributed by atoms with Gasteiger partial charge in [0.1, 0.15) is 0 Å². The Morgan fingerprint density at radius 3 is 2.71 bits per heavy atom. The molecule has 0 unspecified atom stereocenters. The summed E-state index contributed by atoms with van der Waals surface area (Å²) in [7, 11) is 0.606. The molecule has 0 aliphatic heterocycles. The van der Waals surface area contributed by atoms with Gasteiger partial charge in [-0.05, 0) is 19.9 Å². The van der Waals surface area contributed by atoms with Gasteiger partial charge >= 0.3 is 5.97 Å². The van der Waals surface area contributed by atoms with E-state index in [1.54, 1.807) is 13.0 Å². The molecule has 0 bridgehead atoms. The lowest BCUT2D eigenvalue weighted by Gasteiger charge is -2.07. The van der Waals surface area contributed by atoms with Crippen LogP contribution in [0.2, 0.25) is 12.6 Å². The Morgan fingerprint density at radius 1 is 1.57 bits per heavy atom. The van der Waals surface area contributed by atoms with Crippen molar-refractivity contribution in [2.24, 2.45) is 0 Å². The second-order valence-electron chi connectivity index (χ2n) is 2.84. The monoisotopic (exact) mass is 268 g/mol. The molecule has 14 heavy (non-hydrogen) atoms. The molecule has 0 saturated carbocycles. The van der Waals surface area contributed by atoms with Gasteiger partial charge in [0.25, 0.3) is 0 Å². The largest absolute Gasteiger partial charge is 0.463 e. The van der Waals surface area contributed by atoms with Crippen LogP contribution < -0.4 is 0 Å². The molecule has 0 saturated heterocycles. The van der Waals surface area contributed by atoms with Crippen LogP contribution in [0.25, 0.3) is 0 Å². The normalized spacial score (nSPS) is 12.0. The average Bonchev–Trinajstić information content (AvgIpc) is 2.02. The summed E-state index contributed by atoms with van der Waals surface area (Å²) in [5.41, 5.74) is 0. The summed E-state index contributed by atoms with van der Waals surface area (Å²) in [4.78, 5) is 10.9. The zero-order valence-corrected chi connectivity index (χ0v) is 11.9. The topological polar surface area (TPSA) is 26.3 Å². The maximum Gasteiger partial charge on any atom is 0.330 e. The van der Waals surface area contributed by atoms with Crippen LogP contribution in [-0.4, -0.2) is 27.8 Å². The van der Waals surface area contributed by atoms with E-state index < -0.39 is 6.21 Å². The third-order valence-corrected chi connectivity index (χ3v) is 7.55. The molecule has 0 aromatic rings. The van der Waals surface area contributed by atoms with Crippen LogP contribution in [0.3, 0.4) is 0 Å². The van der Waals surface area contributed by atoms with Gasteiger partial charge in [0, 0.05) is 6.08 Å². The van der Waals surface area contributed by atoms with Crippen LogP contribution in [0.15, 0.2) is 12.2 Å². The Morgan fingerprint density at radius 2 is 2.21 bits per heavy atom. The van der Waals surface area contributed by atoms with Gasteiger partial charge in [0.2, 0.25) is 6.21 Å². The molecular weight excluding hydrogens is 255 g/mol. The highest BCUT2D eigenvalue weighted by Crippen LogP contribution is 2.13. The molecule has 0 N–H and O–H groups in total. The molecule has 0 atom stereocenters.